The molecule has 0 N–H and O–H groups in total. The van der Waals surface area contributed by atoms with Crippen molar-refractivity contribution in [2.45, 2.75) is 32.7 Å². The second kappa shape index (κ2) is 2.85. The molecule has 1 rings (SSSR count). The zero-order valence-corrected chi connectivity index (χ0v) is 6.17. The molecule has 52 valence electrons. The van der Waals surface area contributed by atoms with Gasteiger partial charge in [-0.1, -0.05) is 0 Å². The zero-order chi connectivity index (χ0) is 6.69. The van der Waals surface area contributed by atoms with Crippen molar-refractivity contribution < 1.29 is 0 Å². The summed E-state index contributed by atoms with van der Waals surface area (Å²) < 4.78 is 0. The molecule has 0 saturated carbocycles. The van der Waals surface area contributed by atoms with E-state index >= 15 is 0 Å². The number of rotatable bonds is 1. The van der Waals surface area contributed by atoms with E-state index in [2.05, 4.69) is 17.0 Å². The van der Waals surface area contributed by atoms with Gasteiger partial charge in [0.1, 0.15) is 0 Å². The van der Waals surface area contributed by atoms with Gasteiger partial charge in [-0.25, -0.2) is 0 Å². The zero-order valence-electron chi connectivity index (χ0n) is 6.17. The molecule has 0 aliphatic carbocycles. The third-order valence-electron chi connectivity index (χ3n) is 1.78. The van der Waals surface area contributed by atoms with Crippen LogP contribution in [-0.4, -0.2) is 23.8 Å². The summed E-state index contributed by atoms with van der Waals surface area (Å²) in [5.74, 6) is 0. The van der Waals surface area contributed by atoms with Crippen molar-refractivity contribution in [3.05, 3.63) is 0 Å². The van der Waals surface area contributed by atoms with E-state index in [1.165, 1.54) is 12.8 Å². The standard InChI is InChI=1S/C7H14N2/c1-3-8-9-6-4-5-7(9)2/h3,7H,4-6H2,1-2H3/b8-3+. The lowest BCUT2D eigenvalue weighted by atomic mass is 10.3. The van der Waals surface area contributed by atoms with Crippen molar-refractivity contribution in [2.75, 3.05) is 6.54 Å². The Morgan fingerprint density at radius 1 is 1.67 bits per heavy atom. The Bertz CT molecular complexity index is 109. The van der Waals surface area contributed by atoms with Crippen LogP contribution in [0, 0.1) is 0 Å². The van der Waals surface area contributed by atoms with Crippen molar-refractivity contribution in [1.29, 1.82) is 0 Å². The molecule has 0 aromatic heterocycles. The van der Waals surface area contributed by atoms with Crippen LogP contribution in [0.3, 0.4) is 0 Å². The molecule has 0 spiro atoms. The molecule has 1 aliphatic heterocycles. The minimum Gasteiger partial charge on any atom is -0.295 e. The Hall–Kier alpha value is -0.530. The molecule has 1 aliphatic rings. The van der Waals surface area contributed by atoms with Crippen molar-refractivity contribution in [2.24, 2.45) is 5.10 Å². The first-order valence-electron chi connectivity index (χ1n) is 3.60. The monoisotopic (exact) mass is 126 g/mol. The molecule has 0 radical (unpaired) electrons. The van der Waals surface area contributed by atoms with E-state index in [9.17, 15) is 0 Å². The quantitative estimate of drug-likeness (QED) is 0.486. The fourth-order valence-electron chi connectivity index (χ4n) is 1.24. The Morgan fingerprint density at radius 2 is 2.44 bits per heavy atom. The maximum atomic E-state index is 4.21. The fourth-order valence-corrected chi connectivity index (χ4v) is 1.24. The van der Waals surface area contributed by atoms with Crippen LogP contribution in [0.5, 0.6) is 0 Å². The van der Waals surface area contributed by atoms with Gasteiger partial charge in [0.25, 0.3) is 0 Å². The Kier molecular flexibility index (Phi) is 2.09. The molecule has 1 heterocycles. The normalized spacial score (nSPS) is 28.2. The lowest BCUT2D eigenvalue weighted by Crippen LogP contribution is -2.20. The van der Waals surface area contributed by atoms with Gasteiger partial charge in [-0.3, -0.25) is 5.01 Å². The number of hydrogen-bond donors (Lipinski definition) is 0. The van der Waals surface area contributed by atoms with E-state index < -0.39 is 0 Å². The minimum atomic E-state index is 0.668. The molecule has 1 saturated heterocycles. The number of hydrogen-bond acceptors (Lipinski definition) is 2. The molecule has 0 aromatic rings. The highest BCUT2D eigenvalue weighted by Gasteiger charge is 2.16. The van der Waals surface area contributed by atoms with Crippen LogP contribution in [0.15, 0.2) is 5.10 Å². The Labute approximate surface area is 56.5 Å². The van der Waals surface area contributed by atoms with E-state index in [1.807, 2.05) is 13.1 Å². The molecule has 1 fully saturated rings. The molecule has 0 amide bonds. The first-order valence-corrected chi connectivity index (χ1v) is 3.60. The number of hydrazone groups is 1. The molecule has 0 aromatic carbocycles. The summed E-state index contributed by atoms with van der Waals surface area (Å²) in [4.78, 5) is 0. The second-order valence-electron chi connectivity index (χ2n) is 2.53. The third-order valence-corrected chi connectivity index (χ3v) is 1.78. The summed E-state index contributed by atoms with van der Waals surface area (Å²) in [6, 6.07) is 0.668. The van der Waals surface area contributed by atoms with Crippen LogP contribution >= 0.6 is 0 Å². The molecular formula is C7H14N2. The topological polar surface area (TPSA) is 15.6 Å². The summed E-state index contributed by atoms with van der Waals surface area (Å²) >= 11 is 0. The Morgan fingerprint density at radius 3 is 2.89 bits per heavy atom. The van der Waals surface area contributed by atoms with E-state index in [0.29, 0.717) is 6.04 Å². The summed E-state index contributed by atoms with van der Waals surface area (Å²) in [6.07, 6.45) is 4.47. The smallest absolute Gasteiger partial charge is 0.0443 e. The molecule has 2 nitrogen and oxygen atoms in total. The average Bonchev–Trinajstić information content (AvgIpc) is 2.18. The first-order chi connectivity index (χ1) is 4.34. The molecule has 9 heavy (non-hydrogen) atoms. The first kappa shape index (κ1) is 6.59. The van der Waals surface area contributed by atoms with Crippen molar-refractivity contribution >= 4 is 6.21 Å². The van der Waals surface area contributed by atoms with Crippen molar-refractivity contribution in [3.63, 3.8) is 0 Å². The van der Waals surface area contributed by atoms with Gasteiger partial charge >= 0.3 is 0 Å². The summed E-state index contributed by atoms with van der Waals surface area (Å²) in [5, 5.41) is 6.37. The van der Waals surface area contributed by atoms with Crippen LogP contribution < -0.4 is 0 Å². The summed E-state index contributed by atoms with van der Waals surface area (Å²) in [6.45, 7) is 5.33. The molecule has 1 unspecified atom stereocenters. The molecule has 1 atom stereocenters. The van der Waals surface area contributed by atoms with Gasteiger partial charge in [-0.15, -0.1) is 0 Å². The van der Waals surface area contributed by atoms with Crippen LogP contribution in [0.4, 0.5) is 0 Å². The maximum absolute atomic E-state index is 4.21. The highest BCUT2D eigenvalue weighted by Crippen LogP contribution is 2.15. The van der Waals surface area contributed by atoms with Gasteiger partial charge in [0.15, 0.2) is 0 Å². The molecule has 2 heteroatoms. The van der Waals surface area contributed by atoms with E-state index in [4.69, 9.17) is 0 Å². The van der Waals surface area contributed by atoms with Crippen LogP contribution in [0.25, 0.3) is 0 Å². The summed E-state index contributed by atoms with van der Waals surface area (Å²) in [7, 11) is 0. The third kappa shape index (κ3) is 1.44. The van der Waals surface area contributed by atoms with Gasteiger partial charge in [0.2, 0.25) is 0 Å². The lowest BCUT2D eigenvalue weighted by molar-refractivity contribution is 0.285. The average molecular weight is 126 g/mol. The molecule has 0 bridgehead atoms. The van der Waals surface area contributed by atoms with Crippen molar-refractivity contribution in [1.82, 2.24) is 5.01 Å². The Balaban J connectivity index is 2.39. The second-order valence-corrected chi connectivity index (χ2v) is 2.53. The minimum absolute atomic E-state index is 0.668. The highest BCUT2D eigenvalue weighted by molar-refractivity contribution is 5.52. The van der Waals surface area contributed by atoms with E-state index in [-0.39, 0.29) is 0 Å². The van der Waals surface area contributed by atoms with Gasteiger partial charge < -0.3 is 0 Å². The van der Waals surface area contributed by atoms with Crippen molar-refractivity contribution in [3.8, 4) is 0 Å². The fraction of sp³-hybridized carbons (Fsp3) is 0.857. The van der Waals surface area contributed by atoms with Gasteiger partial charge in [-0.05, 0) is 26.7 Å². The van der Waals surface area contributed by atoms with Crippen LogP contribution in [0.1, 0.15) is 26.7 Å². The lowest BCUT2D eigenvalue weighted by Gasteiger charge is -2.15. The van der Waals surface area contributed by atoms with Crippen LogP contribution in [-0.2, 0) is 0 Å². The highest BCUT2D eigenvalue weighted by atomic mass is 15.5. The number of nitrogens with zero attached hydrogens (tertiary/aromatic N) is 2. The SMILES string of the molecule is C/C=N/N1CCCC1C. The maximum Gasteiger partial charge on any atom is 0.0443 e. The molecular weight excluding hydrogens is 112 g/mol. The van der Waals surface area contributed by atoms with Crippen LogP contribution in [0.2, 0.25) is 0 Å². The van der Waals surface area contributed by atoms with Gasteiger partial charge in [0, 0.05) is 18.8 Å². The predicted molar refractivity (Wildman–Crippen MR) is 39.6 cm³/mol. The predicted octanol–water partition coefficient (Wildman–Crippen LogP) is 1.48. The van der Waals surface area contributed by atoms with Gasteiger partial charge in [0.05, 0.1) is 0 Å². The van der Waals surface area contributed by atoms with Gasteiger partial charge in [-0.2, -0.15) is 5.10 Å². The largest absolute Gasteiger partial charge is 0.295 e. The summed E-state index contributed by atoms with van der Waals surface area (Å²) in [5.41, 5.74) is 0. The van der Waals surface area contributed by atoms with E-state index in [0.717, 1.165) is 6.54 Å². The van der Waals surface area contributed by atoms with E-state index in [1.54, 1.807) is 0 Å².